The second-order valence-corrected chi connectivity index (χ2v) is 5.99. The fourth-order valence-corrected chi connectivity index (χ4v) is 1.59. The summed E-state index contributed by atoms with van der Waals surface area (Å²) in [5, 5.41) is 0. The van der Waals surface area contributed by atoms with Gasteiger partial charge in [-0.05, 0) is 53.7 Å². The predicted octanol–water partition coefficient (Wildman–Crippen LogP) is 6.64. The topological polar surface area (TPSA) is 9.23 Å². The van der Waals surface area contributed by atoms with Gasteiger partial charge in [0.1, 0.15) is 11.5 Å². The van der Waals surface area contributed by atoms with E-state index in [1.807, 2.05) is 26.0 Å². The maximum atomic E-state index is 6.08. The lowest BCUT2D eigenvalue weighted by molar-refractivity contribution is 0.291. The average molecular weight is 286 g/mol. The van der Waals surface area contributed by atoms with Crippen molar-refractivity contribution in [1.82, 2.24) is 0 Å². The Morgan fingerprint density at radius 1 is 0.714 bits per heavy atom. The van der Waals surface area contributed by atoms with Gasteiger partial charge in [-0.1, -0.05) is 47.6 Å². The Labute approximate surface area is 131 Å². The molecule has 0 saturated heterocycles. The van der Waals surface area contributed by atoms with Gasteiger partial charge >= 0.3 is 0 Å². The molecule has 0 rings (SSSR count). The Bertz CT molecular complexity index is 442. The second-order valence-electron chi connectivity index (χ2n) is 5.99. The van der Waals surface area contributed by atoms with E-state index in [4.69, 9.17) is 4.74 Å². The Balaban J connectivity index is 5.21. The van der Waals surface area contributed by atoms with Crippen molar-refractivity contribution >= 4 is 0 Å². The van der Waals surface area contributed by atoms with Crippen LogP contribution in [0.1, 0.15) is 54.4 Å². The second kappa shape index (κ2) is 10.0. The van der Waals surface area contributed by atoms with E-state index in [0.717, 1.165) is 35.5 Å². The molecular formula is C20H30O. The molecule has 0 aromatic heterocycles. The third-order valence-corrected chi connectivity index (χ3v) is 2.50. The van der Waals surface area contributed by atoms with E-state index in [1.165, 1.54) is 11.1 Å². The fraction of sp³-hybridized carbons (Fsp3) is 0.400. The number of rotatable bonds is 8. The van der Waals surface area contributed by atoms with Crippen molar-refractivity contribution in [3.63, 3.8) is 0 Å². The van der Waals surface area contributed by atoms with Crippen LogP contribution in [0.4, 0.5) is 0 Å². The molecule has 0 aromatic rings. The zero-order chi connectivity index (χ0) is 16.4. The van der Waals surface area contributed by atoms with Crippen molar-refractivity contribution in [3.05, 3.63) is 71.3 Å². The van der Waals surface area contributed by atoms with Crippen LogP contribution >= 0.6 is 0 Å². The number of hydrogen-bond acceptors (Lipinski definition) is 1. The Morgan fingerprint density at radius 2 is 1.05 bits per heavy atom. The summed E-state index contributed by atoms with van der Waals surface area (Å²) in [6.07, 6.45) is 9.86. The third kappa shape index (κ3) is 11.7. The van der Waals surface area contributed by atoms with Crippen LogP contribution in [0.15, 0.2) is 71.3 Å². The molecule has 0 aliphatic heterocycles. The first-order chi connectivity index (χ1) is 9.70. The van der Waals surface area contributed by atoms with Gasteiger partial charge in [-0.2, -0.15) is 0 Å². The highest BCUT2D eigenvalue weighted by atomic mass is 16.5. The molecule has 0 atom stereocenters. The summed E-state index contributed by atoms with van der Waals surface area (Å²) in [5.41, 5.74) is 4.54. The zero-order valence-corrected chi connectivity index (χ0v) is 14.5. The van der Waals surface area contributed by atoms with Crippen molar-refractivity contribution in [2.24, 2.45) is 0 Å². The van der Waals surface area contributed by atoms with Crippen LogP contribution in [-0.2, 0) is 4.74 Å². The fourth-order valence-electron chi connectivity index (χ4n) is 1.59. The summed E-state index contributed by atoms with van der Waals surface area (Å²) in [4.78, 5) is 0. The third-order valence-electron chi connectivity index (χ3n) is 2.50. The van der Waals surface area contributed by atoms with Gasteiger partial charge in [-0.25, -0.2) is 0 Å². The largest absolute Gasteiger partial charge is 0.465 e. The van der Waals surface area contributed by atoms with Crippen LogP contribution < -0.4 is 0 Å². The maximum Gasteiger partial charge on any atom is 0.108 e. The van der Waals surface area contributed by atoms with Crippen LogP contribution in [0.3, 0.4) is 0 Å². The number of ether oxygens (including phenoxy) is 1. The molecule has 0 spiro atoms. The van der Waals surface area contributed by atoms with E-state index < -0.39 is 0 Å². The van der Waals surface area contributed by atoms with Crippen LogP contribution in [-0.4, -0.2) is 0 Å². The van der Waals surface area contributed by atoms with Gasteiger partial charge in [0.2, 0.25) is 0 Å². The molecule has 116 valence electrons. The Kier molecular flexibility index (Phi) is 9.20. The van der Waals surface area contributed by atoms with Crippen molar-refractivity contribution in [2.75, 3.05) is 0 Å². The average Bonchev–Trinajstić information content (AvgIpc) is 2.31. The van der Waals surface area contributed by atoms with Crippen molar-refractivity contribution in [2.45, 2.75) is 54.4 Å². The van der Waals surface area contributed by atoms with Gasteiger partial charge in [0, 0.05) is 12.8 Å². The lowest BCUT2D eigenvalue weighted by atomic mass is 10.2. The molecule has 1 heteroatoms. The molecule has 0 aromatic carbocycles. The molecule has 0 saturated carbocycles. The number of allylic oxidation sites excluding steroid dienone is 8. The van der Waals surface area contributed by atoms with E-state index in [9.17, 15) is 0 Å². The van der Waals surface area contributed by atoms with E-state index in [1.54, 1.807) is 0 Å². The summed E-state index contributed by atoms with van der Waals surface area (Å²) >= 11 is 0. The highest BCUT2D eigenvalue weighted by Gasteiger charge is 2.03. The monoisotopic (exact) mass is 286 g/mol. The minimum atomic E-state index is 0.775. The van der Waals surface area contributed by atoms with E-state index >= 15 is 0 Å². The van der Waals surface area contributed by atoms with Crippen LogP contribution in [0.25, 0.3) is 0 Å². The van der Waals surface area contributed by atoms with Crippen LogP contribution in [0.2, 0.25) is 0 Å². The van der Waals surface area contributed by atoms with Gasteiger partial charge in [-0.3, -0.25) is 0 Å². The molecular weight excluding hydrogens is 256 g/mol. The summed E-state index contributed by atoms with van der Waals surface area (Å²) in [6.45, 7) is 20.2. The van der Waals surface area contributed by atoms with Crippen molar-refractivity contribution in [3.8, 4) is 0 Å². The smallest absolute Gasteiger partial charge is 0.108 e. The van der Waals surface area contributed by atoms with Crippen molar-refractivity contribution < 1.29 is 4.74 Å². The van der Waals surface area contributed by atoms with Gasteiger partial charge in [-0.15, -0.1) is 0 Å². The summed E-state index contributed by atoms with van der Waals surface area (Å²) in [5.74, 6) is 1.83. The lowest BCUT2D eigenvalue weighted by Crippen LogP contribution is -1.94. The highest BCUT2D eigenvalue weighted by molar-refractivity contribution is 5.23. The lowest BCUT2D eigenvalue weighted by Gasteiger charge is -2.12. The van der Waals surface area contributed by atoms with Crippen molar-refractivity contribution in [1.29, 1.82) is 0 Å². The normalized spacial score (nSPS) is 11.7. The molecule has 0 heterocycles. The van der Waals surface area contributed by atoms with Gasteiger partial charge in [0.05, 0.1) is 0 Å². The predicted molar refractivity (Wildman–Crippen MR) is 95.0 cm³/mol. The molecule has 0 amide bonds. The maximum absolute atomic E-state index is 6.08. The molecule has 0 radical (unpaired) electrons. The van der Waals surface area contributed by atoms with Crippen LogP contribution in [0.5, 0.6) is 0 Å². The molecule has 0 fully saturated rings. The van der Waals surface area contributed by atoms with Gasteiger partial charge in [0.15, 0.2) is 0 Å². The first kappa shape index (κ1) is 19.2. The highest BCUT2D eigenvalue weighted by Crippen LogP contribution is 2.19. The molecule has 0 aliphatic rings. The molecule has 21 heavy (non-hydrogen) atoms. The van der Waals surface area contributed by atoms with E-state index in [0.29, 0.717) is 0 Å². The van der Waals surface area contributed by atoms with E-state index in [-0.39, 0.29) is 0 Å². The quantitative estimate of drug-likeness (QED) is 0.276. The SMILES string of the molecule is C=C(C)C=C(CC=C(C)C)OC(=CC(=C)C)CC=C(C)C. The van der Waals surface area contributed by atoms with Gasteiger partial charge in [0.25, 0.3) is 0 Å². The van der Waals surface area contributed by atoms with E-state index in [2.05, 4.69) is 53.0 Å². The first-order valence-corrected chi connectivity index (χ1v) is 7.37. The first-order valence-electron chi connectivity index (χ1n) is 7.37. The number of hydrogen-bond donors (Lipinski definition) is 0. The molecule has 0 aliphatic carbocycles. The molecule has 1 nitrogen and oxygen atoms in total. The Morgan fingerprint density at radius 3 is 1.29 bits per heavy atom. The summed E-state index contributed by atoms with van der Waals surface area (Å²) in [6, 6.07) is 0. The minimum absolute atomic E-state index is 0.775. The Hall–Kier alpha value is -1.76. The van der Waals surface area contributed by atoms with Crippen LogP contribution in [0, 0.1) is 0 Å². The van der Waals surface area contributed by atoms with Gasteiger partial charge < -0.3 is 4.74 Å². The molecule has 0 unspecified atom stereocenters. The summed E-state index contributed by atoms with van der Waals surface area (Å²) in [7, 11) is 0. The zero-order valence-electron chi connectivity index (χ0n) is 14.5. The standard InChI is InChI=1S/C20H30O/c1-15(2)9-11-19(13-17(5)6)21-20(14-18(7)8)12-10-16(3)4/h9-10,13-14H,5,7,11-12H2,1-4,6,8H3. The molecule has 0 bridgehead atoms. The minimum Gasteiger partial charge on any atom is -0.465 e. The molecule has 0 N–H and O–H groups in total. The summed E-state index contributed by atoms with van der Waals surface area (Å²) < 4.78 is 6.08.